The summed E-state index contributed by atoms with van der Waals surface area (Å²) in [5.41, 5.74) is 0.984. The molecule has 1 aromatic rings. The SMILES string of the molecule is O=S(=O)(O)Oc1cccc(CN2CCCCC2)c1. The van der Waals surface area contributed by atoms with E-state index in [-0.39, 0.29) is 5.75 Å². The van der Waals surface area contributed by atoms with Crippen molar-refractivity contribution >= 4 is 10.4 Å². The van der Waals surface area contributed by atoms with Gasteiger partial charge in [0.15, 0.2) is 0 Å². The van der Waals surface area contributed by atoms with Gasteiger partial charge in [0.05, 0.1) is 0 Å². The van der Waals surface area contributed by atoms with Crippen molar-refractivity contribution in [3.63, 3.8) is 0 Å². The molecule has 1 saturated heterocycles. The minimum Gasteiger partial charge on any atom is -0.362 e. The number of nitrogens with zero attached hydrogens (tertiary/aromatic N) is 1. The van der Waals surface area contributed by atoms with Gasteiger partial charge in [0.1, 0.15) is 5.75 Å². The number of hydrogen-bond donors (Lipinski definition) is 1. The third kappa shape index (κ3) is 4.29. The van der Waals surface area contributed by atoms with Gasteiger partial charge in [-0.05, 0) is 43.6 Å². The van der Waals surface area contributed by atoms with Crippen LogP contribution in [-0.4, -0.2) is 31.0 Å². The molecular weight excluding hydrogens is 254 g/mol. The van der Waals surface area contributed by atoms with Gasteiger partial charge in [0, 0.05) is 6.54 Å². The smallest absolute Gasteiger partial charge is 0.362 e. The first-order valence-electron chi connectivity index (χ1n) is 6.01. The van der Waals surface area contributed by atoms with Gasteiger partial charge in [-0.2, -0.15) is 8.42 Å². The Bertz CT molecular complexity index is 495. The standard InChI is InChI=1S/C12H17NO4S/c14-18(15,16)17-12-6-4-5-11(9-12)10-13-7-2-1-3-8-13/h4-6,9H,1-3,7-8,10H2,(H,14,15,16). The predicted molar refractivity (Wildman–Crippen MR) is 67.7 cm³/mol. The summed E-state index contributed by atoms with van der Waals surface area (Å²) in [6.07, 6.45) is 3.70. The number of piperidine rings is 1. The Morgan fingerprint density at radius 1 is 1.22 bits per heavy atom. The maximum atomic E-state index is 10.6. The van der Waals surface area contributed by atoms with Crippen LogP contribution in [0.25, 0.3) is 0 Å². The molecule has 1 aromatic carbocycles. The van der Waals surface area contributed by atoms with Crippen molar-refractivity contribution in [1.82, 2.24) is 4.90 Å². The van der Waals surface area contributed by atoms with Gasteiger partial charge in [-0.15, -0.1) is 0 Å². The summed E-state index contributed by atoms with van der Waals surface area (Å²) in [7, 11) is -4.44. The summed E-state index contributed by atoms with van der Waals surface area (Å²) >= 11 is 0. The first-order valence-corrected chi connectivity index (χ1v) is 7.38. The number of hydrogen-bond acceptors (Lipinski definition) is 4. The quantitative estimate of drug-likeness (QED) is 0.847. The summed E-state index contributed by atoms with van der Waals surface area (Å²) in [6, 6.07) is 6.79. The van der Waals surface area contributed by atoms with Crippen LogP contribution in [0.15, 0.2) is 24.3 Å². The van der Waals surface area contributed by atoms with Gasteiger partial charge in [-0.1, -0.05) is 18.6 Å². The van der Waals surface area contributed by atoms with E-state index in [1.807, 2.05) is 6.07 Å². The van der Waals surface area contributed by atoms with E-state index in [0.717, 1.165) is 25.2 Å². The molecule has 2 rings (SSSR count). The average Bonchev–Trinajstić information content (AvgIpc) is 2.28. The highest BCUT2D eigenvalue weighted by atomic mass is 32.3. The number of likely N-dealkylation sites (tertiary alicyclic amines) is 1. The fourth-order valence-corrected chi connectivity index (χ4v) is 2.54. The Hall–Kier alpha value is -1.11. The molecule has 0 spiro atoms. The van der Waals surface area contributed by atoms with E-state index >= 15 is 0 Å². The van der Waals surface area contributed by atoms with Gasteiger partial charge < -0.3 is 4.18 Å². The van der Waals surface area contributed by atoms with Crippen molar-refractivity contribution in [3.8, 4) is 5.75 Å². The lowest BCUT2D eigenvalue weighted by molar-refractivity contribution is 0.221. The maximum absolute atomic E-state index is 10.6. The summed E-state index contributed by atoms with van der Waals surface area (Å²) in [5.74, 6) is 0.145. The van der Waals surface area contributed by atoms with Crippen molar-refractivity contribution in [2.45, 2.75) is 25.8 Å². The van der Waals surface area contributed by atoms with Crippen molar-refractivity contribution in [2.75, 3.05) is 13.1 Å². The van der Waals surface area contributed by atoms with Crippen LogP contribution in [-0.2, 0) is 16.9 Å². The highest BCUT2D eigenvalue weighted by Crippen LogP contribution is 2.18. The van der Waals surface area contributed by atoms with E-state index in [1.165, 1.54) is 25.3 Å². The van der Waals surface area contributed by atoms with Crippen molar-refractivity contribution in [3.05, 3.63) is 29.8 Å². The summed E-state index contributed by atoms with van der Waals surface area (Å²) in [4.78, 5) is 2.33. The minimum atomic E-state index is -4.44. The first-order chi connectivity index (χ1) is 8.53. The molecule has 0 atom stereocenters. The van der Waals surface area contributed by atoms with Crippen LogP contribution < -0.4 is 4.18 Å². The van der Waals surface area contributed by atoms with Gasteiger partial charge in [0.25, 0.3) is 0 Å². The minimum absolute atomic E-state index is 0.145. The molecular formula is C12H17NO4S. The molecule has 1 aliphatic heterocycles. The maximum Gasteiger partial charge on any atom is 0.446 e. The zero-order valence-corrected chi connectivity index (χ0v) is 10.9. The van der Waals surface area contributed by atoms with Gasteiger partial charge in [0.2, 0.25) is 0 Å². The summed E-state index contributed by atoms with van der Waals surface area (Å²) < 4.78 is 34.3. The van der Waals surface area contributed by atoms with E-state index in [1.54, 1.807) is 12.1 Å². The molecule has 1 heterocycles. The van der Waals surface area contributed by atoms with Gasteiger partial charge in [-0.25, -0.2) is 0 Å². The van der Waals surface area contributed by atoms with Crippen molar-refractivity contribution < 1.29 is 17.2 Å². The Labute approximate surface area is 107 Å². The Kier molecular flexibility index (Phi) is 4.21. The summed E-state index contributed by atoms with van der Waals surface area (Å²) in [6.45, 7) is 2.93. The lowest BCUT2D eigenvalue weighted by Gasteiger charge is -2.26. The molecule has 1 fully saturated rings. The number of rotatable bonds is 4. The fraction of sp³-hybridized carbons (Fsp3) is 0.500. The molecule has 1 N–H and O–H groups in total. The molecule has 0 bridgehead atoms. The van der Waals surface area contributed by atoms with E-state index in [2.05, 4.69) is 9.08 Å². The number of benzene rings is 1. The molecule has 0 unspecified atom stereocenters. The second kappa shape index (κ2) is 5.69. The van der Waals surface area contributed by atoms with Gasteiger partial charge in [-0.3, -0.25) is 9.45 Å². The molecule has 100 valence electrons. The van der Waals surface area contributed by atoms with E-state index in [0.29, 0.717) is 0 Å². The molecule has 0 aromatic heterocycles. The molecule has 0 saturated carbocycles. The van der Waals surface area contributed by atoms with Crippen LogP contribution in [0.2, 0.25) is 0 Å². The first kappa shape index (κ1) is 13.3. The lowest BCUT2D eigenvalue weighted by Crippen LogP contribution is -2.29. The second-order valence-corrected chi connectivity index (χ2v) is 5.52. The topological polar surface area (TPSA) is 66.8 Å². The van der Waals surface area contributed by atoms with Crippen molar-refractivity contribution in [1.29, 1.82) is 0 Å². The normalized spacial score (nSPS) is 17.6. The zero-order valence-electron chi connectivity index (χ0n) is 10.1. The monoisotopic (exact) mass is 271 g/mol. The zero-order chi connectivity index (χ0) is 13.0. The third-order valence-electron chi connectivity index (χ3n) is 2.95. The van der Waals surface area contributed by atoms with E-state index < -0.39 is 10.4 Å². The Morgan fingerprint density at radius 3 is 2.61 bits per heavy atom. The highest BCUT2D eigenvalue weighted by molar-refractivity contribution is 7.81. The lowest BCUT2D eigenvalue weighted by atomic mass is 10.1. The predicted octanol–water partition coefficient (Wildman–Crippen LogP) is 1.85. The van der Waals surface area contributed by atoms with Crippen LogP contribution >= 0.6 is 0 Å². The summed E-state index contributed by atoms with van der Waals surface area (Å²) in [5, 5.41) is 0. The molecule has 0 radical (unpaired) electrons. The average molecular weight is 271 g/mol. The van der Waals surface area contributed by atoms with Crippen LogP contribution in [0.3, 0.4) is 0 Å². The van der Waals surface area contributed by atoms with Crippen molar-refractivity contribution in [2.24, 2.45) is 0 Å². The largest absolute Gasteiger partial charge is 0.446 e. The second-order valence-electron chi connectivity index (χ2n) is 4.50. The van der Waals surface area contributed by atoms with E-state index in [9.17, 15) is 8.42 Å². The molecule has 5 nitrogen and oxygen atoms in total. The van der Waals surface area contributed by atoms with Crippen LogP contribution in [0.1, 0.15) is 24.8 Å². The molecule has 18 heavy (non-hydrogen) atoms. The Morgan fingerprint density at radius 2 is 1.94 bits per heavy atom. The molecule has 6 heteroatoms. The van der Waals surface area contributed by atoms with Gasteiger partial charge >= 0.3 is 10.4 Å². The molecule has 0 aliphatic carbocycles. The molecule has 1 aliphatic rings. The Balaban J connectivity index is 2.02. The van der Waals surface area contributed by atoms with E-state index in [4.69, 9.17) is 4.55 Å². The van der Waals surface area contributed by atoms with Crippen LogP contribution in [0.5, 0.6) is 5.75 Å². The third-order valence-corrected chi connectivity index (χ3v) is 3.36. The van der Waals surface area contributed by atoms with Crippen LogP contribution in [0, 0.1) is 0 Å². The highest BCUT2D eigenvalue weighted by Gasteiger charge is 2.12. The van der Waals surface area contributed by atoms with Crippen LogP contribution in [0.4, 0.5) is 0 Å². The molecule has 0 amide bonds. The fourth-order valence-electron chi connectivity index (χ4n) is 2.19.